The molecule has 0 radical (unpaired) electrons. The standard InChI is InChI=1S/C20H16Cl2FN5O2/c21-13-5-4-11(9-14(13)22)17-18-15(19(24)29)16(10-2-1-3-12(23)8-10)26-28(18)7-6-27(17)20(25)30/h1-5,8-9,17H,6-7H2,(H2,24,29)(H2,25,30). The van der Waals surface area contributed by atoms with Crippen LogP contribution in [0.5, 0.6) is 0 Å². The van der Waals surface area contributed by atoms with E-state index in [1.54, 1.807) is 28.9 Å². The smallest absolute Gasteiger partial charge is 0.315 e. The van der Waals surface area contributed by atoms with Gasteiger partial charge in [0.25, 0.3) is 5.91 Å². The lowest BCUT2D eigenvalue weighted by Crippen LogP contribution is -2.46. The lowest BCUT2D eigenvalue weighted by Gasteiger charge is -2.35. The number of carbonyl (C=O) groups is 2. The predicted octanol–water partition coefficient (Wildman–Crippen LogP) is 3.58. The Bertz CT molecular complexity index is 1180. The number of benzene rings is 2. The van der Waals surface area contributed by atoms with Gasteiger partial charge in [0.05, 0.1) is 27.8 Å². The van der Waals surface area contributed by atoms with E-state index in [-0.39, 0.29) is 29.4 Å². The van der Waals surface area contributed by atoms with Crippen LogP contribution in [0.15, 0.2) is 42.5 Å². The Morgan fingerprint density at radius 3 is 2.47 bits per heavy atom. The number of hydrogen-bond donors (Lipinski definition) is 2. The number of halogens is 3. The quantitative estimate of drug-likeness (QED) is 0.640. The average molecular weight is 448 g/mol. The fourth-order valence-corrected chi connectivity index (χ4v) is 4.05. The minimum Gasteiger partial charge on any atom is -0.365 e. The summed E-state index contributed by atoms with van der Waals surface area (Å²) in [5.41, 5.74) is 13.0. The monoisotopic (exact) mass is 447 g/mol. The summed E-state index contributed by atoms with van der Waals surface area (Å²) in [6, 6.07) is 9.11. The summed E-state index contributed by atoms with van der Waals surface area (Å²) in [7, 11) is 0. The van der Waals surface area contributed by atoms with E-state index in [9.17, 15) is 14.0 Å². The van der Waals surface area contributed by atoms with Crippen LogP contribution in [0.1, 0.15) is 27.7 Å². The molecule has 3 amide bonds. The van der Waals surface area contributed by atoms with Gasteiger partial charge in [0, 0.05) is 12.1 Å². The second-order valence-corrected chi connectivity index (χ2v) is 7.63. The summed E-state index contributed by atoms with van der Waals surface area (Å²) < 4.78 is 15.4. The molecule has 10 heteroatoms. The number of primary amides is 2. The molecule has 3 aromatic rings. The second-order valence-electron chi connectivity index (χ2n) is 6.81. The summed E-state index contributed by atoms with van der Waals surface area (Å²) in [6.07, 6.45) is 0. The first-order valence-electron chi connectivity index (χ1n) is 8.95. The molecule has 154 valence electrons. The molecule has 0 saturated heterocycles. The van der Waals surface area contributed by atoms with Crippen LogP contribution in [0.4, 0.5) is 9.18 Å². The zero-order chi connectivity index (χ0) is 21.6. The number of fused-ring (bicyclic) bond motifs is 1. The largest absolute Gasteiger partial charge is 0.365 e. The first kappa shape index (κ1) is 20.2. The molecule has 4 rings (SSSR count). The van der Waals surface area contributed by atoms with E-state index in [0.29, 0.717) is 21.8 Å². The average Bonchev–Trinajstić information content (AvgIpc) is 3.09. The Labute approximate surface area is 181 Å². The molecule has 1 atom stereocenters. The molecule has 1 aliphatic rings. The molecule has 0 aliphatic carbocycles. The van der Waals surface area contributed by atoms with Crippen molar-refractivity contribution in [3.8, 4) is 11.3 Å². The van der Waals surface area contributed by atoms with E-state index in [1.165, 1.54) is 23.1 Å². The van der Waals surface area contributed by atoms with Gasteiger partial charge in [0.15, 0.2) is 0 Å². The van der Waals surface area contributed by atoms with Gasteiger partial charge < -0.3 is 16.4 Å². The molecule has 0 saturated carbocycles. The van der Waals surface area contributed by atoms with Crippen LogP contribution in [0.3, 0.4) is 0 Å². The number of nitrogens with two attached hydrogens (primary N) is 2. The maximum absolute atomic E-state index is 13.8. The molecular formula is C20H16Cl2FN5O2. The van der Waals surface area contributed by atoms with Crippen molar-refractivity contribution in [1.29, 1.82) is 0 Å². The van der Waals surface area contributed by atoms with E-state index < -0.39 is 23.8 Å². The number of rotatable bonds is 3. The summed E-state index contributed by atoms with van der Waals surface area (Å²) >= 11 is 12.2. The Morgan fingerprint density at radius 2 is 1.83 bits per heavy atom. The zero-order valence-corrected chi connectivity index (χ0v) is 17.0. The van der Waals surface area contributed by atoms with Crippen LogP contribution < -0.4 is 11.5 Å². The van der Waals surface area contributed by atoms with Crippen molar-refractivity contribution in [2.45, 2.75) is 12.6 Å². The maximum atomic E-state index is 13.8. The molecule has 4 N–H and O–H groups in total. The summed E-state index contributed by atoms with van der Waals surface area (Å²) in [4.78, 5) is 26.1. The fraction of sp³-hybridized carbons (Fsp3) is 0.150. The number of amides is 3. The third kappa shape index (κ3) is 3.38. The molecule has 1 unspecified atom stereocenters. The normalized spacial score (nSPS) is 15.7. The zero-order valence-electron chi connectivity index (χ0n) is 15.5. The van der Waals surface area contributed by atoms with Gasteiger partial charge in [-0.3, -0.25) is 9.48 Å². The van der Waals surface area contributed by atoms with Crippen LogP contribution in [-0.2, 0) is 6.54 Å². The van der Waals surface area contributed by atoms with Crippen molar-refractivity contribution in [3.05, 3.63) is 75.1 Å². The SMILES string of the molecule is NC(=O)c1c(-c2cccc(F)c2)nn2c1C(c1ccc(Cl)c(Cl)c1)N(C(N)=O)CC2. The highest BCUT2D eigenvalue weighted by Gasteiger charge is 2.38. The molecule has 30 heavy (non-hydrogen) atoms. The van der Waals surface area contributed by atoms with Gasteiger partial charge in [-0.05, 0) is 29.8 Å². The van der Waals surface area contributed by atoms with E-state index in [1.807, 2.05) is 0 Å². The molecule has 2 heterocycles. The van der Waals surface area contributed by atoms with E-state index in [2.05, 4.69) is 5.10 Å². The minimum atomic E-state index is -0.775. The first-order valence-corrected chi connectivity index (χ1v) is 9.71. The number of hydrogen-bond acceptors (Lipinski definition) is 3. The topological polar surface area (TPSA) is 107 Å². The van der Waals surface area contributed by atoms with Crippen LogP contribution in [0.25, 0.3) is 11.3 Å². The van der Waals surface area contributed by atoms with E-state index in [0.717, 1.165) is 0 Å². The van der Waals surface area contributed by atoms with Crippen molar-refractivity contribution in [2.24, 2.45) is 11.5 Å². The highest BCUT2D eigenvalue weighted by molar-refractivity contribution is 6.42. The maximum Gasteiger partial charge on any atom is 0.315 e. The molecule has 1 aromatic heterocycles. The van der Waals surface area contributed by atoms with Crippen LogP contribution in [-0.4, -0.2) is 33.2 Å². The molecule has 7 nitrogen and oxygen atoms in total. The third-order valence-corrected chi connectivity index (χ3v) is 5.74. The first-order chi connectivity index (χ1) is 14.3. The highest BCUT2D eigenvalue weighted by Crippen LogP contribution is 2.39. The molecule has 1 aliphatic heterocycles. The van der Waals surface area contributed by atoms with E-state index in [4.69, 9.17) is 34.7 Å². The van der Waals surface area contributed by atoms with Crippen molar-refractivity contribution in [1.82, 2.24) is 14.7 Å². The lowest BCUT2D eigenvalue weighted by atomic mass is 9.94. The highest BCUT2D eigenvalue weighted by atomic mass is 35.5. The molecule has 0 fully saturated rings. The number of aromatic nitrogens is 2. The van der Waals surface area contributed by atoms with E-state index >= 15 is 0 Å². The molecule has 0 spiro atoms. The lowest BCUT2D eigenvalue weighted by molar-refractivity contribution is 0.0995. The number of carbonyl (C=O) groups excluding carboxylic acids is 2. The van der Waals surface area contributed by atoms with Gasteiger partial charge in [0.2, 0.25) is 0 Å². The van der Waals surface area contributed by atoms with Crippen molar-refractivity contribution >= 4 is 35.1 Å². The van der Waals surface area contributed by atoms with Crippen LogP contribution in [0, 0.1) is 5.82 Å². The summed E-state index contributed by atoms with van der Waals surface area (Å²) in [6.45, 7) is 0.529. The molecule has 2 aromatic carbocycles. The van der Waals surface area contributed by atoms with Crippen LogP contribution in [0.2, 0.25) is 10.0 Å². The van der Waals surface area contributed by atoms with Gasteiger partial charge >= 0.3 is 6.03 Å². The Hall–Kier alpha value is -3.10. The van der Waals surface area contributed by atoms with Gasteiger partial charge in [-0.25, -0.2) is 9.18 Å². The van der Waals surface area contributed by atoms with Crippen molar-refractivity contribution in [3.63, 3.8) is 0 Å². The minimum absolute atomic E-state index is 0.0858. The molecule has 0 bridgehead atoms. The van der Waals surface area contributed by atoms with Gasteiger partial charge in [-0.2, -0.15) is 5.10 Å². The van der Waals surface area contributed by atoms with Crippen molar-refractivity contribution < 1.29 is 14.0 Å². The second kappa shape index (κ2) is 7.62. The van der Waals surface area contributed by atoms with Gasteiger partial charge in [-0.1, -0.05) is 41.4 Å². The number of nitrogens with zero attached hydrogens (tertiary/aromatic N) is 3. The third-order valence-electron chi connectivity index (χ3n) is 5.00. The molecular weight excluding hydrogens is 432 g/mol. The Kier molecular flexibility index (Phi) is 5.13. The van der Waals surface area contributed by atoms with Crippen molar-refractivity contribution in [2.75, 3.05) is 6.54 Å². The fourth-order valence-electron chi connectivity index (χ4n) is 3.74. The summed E-state index contributed by atoms with van der Waals surface area (Å²) in [5, 5.41) is 5.12. The van der Waals surface area contributed by atoms with Gasteiger partial charge in [-0.15, -0.1) is 0 Å². The predicted molar refractivity (Wildman–Crippen MR) is 111 cm³/mol. The summed E-state index contributed by atoms with van der Waals surface area (Å²) in [5.74, 6) is -1.24. The Morgan fingerprint density at radius 1 is 1.07 bits per heavy atom. The number of urea groups is 1. The van der Waals surface area contributed by atoms with Crippen LogP contribution >= 0.6 is 23.2 Å². The van der Waals surface area contributed by atoms with Gasteiger partial charge in [0.1, 0.15) is 17.6 Å². The Balaban J connectivity index is 1.99.